The average Bonchev–Trinajstić information content (AvgIpc) is 3.71. The van der Waals surface area contributed by atoms with Gasteiger partial charge in [0, 0.05) is 40.3 Å². The normalized spacial score (nSPS) is 14.4. The summed E-state index contributed by atoms with van der Waals surface area (Å²) in [5.41, 5.74) is 7.39. The van der Waals surface area contributed by atoms with Gasteiger partial charge in [-0.1, -0.05) is 18.6 Å². The summed E-state index contributed by atoms with van der Waals surface area (Å²) in [6.07, 6.45) is 9.51. The first-order valence-corrected chi connectivity index (χ1v) is 14.0. The molecule has 1 fully saturated rings. The smallest absolute Gasteiger partial charge is 0.169 e. The Morgan fingerprint density at radius 1 is 1.03 bits per heavy atom. The molecule has 8 nitrogen and oxygen atoms in total. The Labute approximate surface area is 229 Å². The molecule has 194 valence electrons. The fourth-order valence-corrected chi connectivity index (χ4v) is 6.29. The molecule has 6 heterocycles. The first kappa shape index (κ1) is 23.9. The van der Waals surface area contributed by atoms with E-state index in [4.69, 9.17) is 9.97 Å². The van der Waals surface area contributed by atoms with Gasteiger partial charge in [0.05, 0.1) is 33.3 Å². The number of fused-ring (bicyclic) bond motifs is 2. The van der Waals surface area contributed by atoms with Crippen LogP contribution in [-0.2, 0) is 6.54 Å². The van der Waals surface area contributed by atoms with E-state index in [1.165, 1.54) is 36.2 Å². The lowest BCUT2D eigenvalue weighted by Gasteiger charge is -2.26. The number of Topliss-reactive ketones (excluding diaryl/α,β-unsaturated/α-hetero) is 1. The van der Waals surface area contributed by atoms with Gasteiger partial charge in [0.1, 0.15) is 5.69 Å². The number of likely N-dealkylation sites (tertiary alicyclic amines) is 1. The summed E-state index contributed by atoms with van der Waals surface area (Å²) in [6.45, 7) is 4.81. The van der Waals surface area contributed by atoms with E-state index in [0.717, 1.165) is 73.8 Å². The van der Waals surface area contributed by atoms with E-state index in [2.05, 4.69) is 37.2 Å². The number of ketones is 1. The van der Waals surface area contributed by atoms with Crippen LogP contribution >= 0.6 is 11.3 Å². The number of nitrogens with one attached hydrogen (secondary N) is 2. The highest BCUT2D eigenvalue weighted by Gasteiger charge is 2.18. The third-order valence-electron chi connectivity index (χ3n) is 7.35. The lowest BCUT2D eigenvalue weighted by molar-refractivity contribution is 0.102. The maximum atomic E-state index is 11.8. The lowest BCUT2D eigenvalue weighted by Crippen LogP contribution is -2.29. The fraction of sp³-hybridized carbons (Fsp3) is 0.233. The quantitative estimate of drug-likeness (QED) is 0.238. The summed E-state index contributed by atoms with van der Waals surface area (Å²) in [5.74, 6) is 0.752. The minimum Gasteiger partial charge on any atom is -0.337 e. The van der Waals surface area contributed by atoms with E-state index in [1.54, 1.807) is 6.92 Å². The Morgan fingerprint density at radius 3 is 2.77 bits per heavy atom. The van der Waals surface area contributed by atoms with Gasteiger partial charge in [0.25, 0.3) is 0 Å². The summed E-state index contributed by atoms with van der Waals surface area (Å²) in [5, 5.41) is 8.65. The molecule has 5 aromatic heterocycles. The van der Waals surface area contributed by atoms with Crippen LogP contribution in [0.4, 0.5) is 0 Å². The number of hydrogen-bond donors (Lipinski definition) is 2. The number of nitrogens with zero attached hydrogens (tertiary/aromatic N) is 5. The predicted octanol–water partition coefficient (Wildman–Crippen LogP) is 6.48. The maximum Gasteiger partial charge on any atom is 0.169 e. The molecule has 1 aromatic carbocycles. The summed E-state index contributed by atoms with van der Waals surface area (Å²) < 4.78 is 0. The molecule has 0 unspecified atom stereocenters. The number of para-hydroxylation sites is 1. The molecule has 39 heavy (non-hydrogen) atoms. The molecule has 0 bridgehead atoms. The van der Waals surface area contributed by atoms with Crippen molar-refractivity contribution in [3.63, 3.8) is 0 Å². The molecule has 0 spiro atoms. The second-order valence-electron chi connectivity index (χ2n) is 10.1. The molecule has 1 saturated heterocycles. The van der Waals surface area contributed by atoms with E-state index >= 15 is 0 Å². The number of aromatic amines is 2. The molecule has 0 aliphatic carbocycles. The molecule has 0 saturated carbocycles. The molecule has 2 N–H and O–H groups in total. The van der Waals surface area contributed by atoms with E-state index in [-0.39, 0.29) is 5.78 Å². The number of H-pyrrole nitrogens is 2. The Morgan fingerprint density at radius 2 is 1.92 bits per heavy atom. The average molecular weight is 534 g/mol. The van der Waals surface area contributed by atoms with Crippen LogP contribution in [0.3, 0.4) is 0 Å². The van der Waals surface area contributed by atoms with Crippen LogP contribution in [0.5, 0.6) is 0 Å². The van der Waals surface area contributed by atoms with Crippen molar-refractivity contribution in [2.75, 3.05) is 13.1 Å². The SMILES string of the molecule is CC(=O)c1ccc(-c2cccc3[nH]c(-c4n[nH]c5cnc(-c6cncc(CN7CCCCC7)c6)cc45)nc23)s1. The lowest BCUT2D eigenvalue weighted by atomic mass is 10.1. The van der Waals surface area contributed by atoms with Crippen molar-refractivity contribution in [1.29, 1.82) is 0 Å². The number of imidazole rings is 1. The number of carbonyl (C=O) groups is 1. The predicted molar refractivity (Wildman–Crippen MR) is 155 cm³/mol. The van der Waals surface area contributed by atoms with Gasteiger partial charge in [-0.15, -0.1) is 11.3 Å². The second-order valence-corrected chi connectivity index (χ2v) is 11.2. The minimum atomic E-state index is 0.0702. The highest BCUT2D eigenvalue weighted by molar-refractivity contribution is 7.17. The number of carbonyl (C=O) groups excluding carboxylic acids is 1. The fourth-order valence-electron chi connectivity index (χ4n) is 5.36. The highest BCUT2D eigenvalue weighted by atomic mass is 32.1. The Hall–Kier alpha value is -4.21. The molecule has 6 aromatic rings. The van der Waals surface area contributed by atoms with Crippen molar-refractivity contribution in [1.82, 2.24) is 35.0 Å². The number of thiophene rings is 1. The van der Waals surface area contributed by atoms with E-state index in [1.807, 2.05) is 48.9 Å². The van der Waals surface area contributed by atoms with Crippen molar-refractivity contribution in [3.8, 4) is 33.2 Å². The highest BCUT2D eigenvalue weighted by Crippen LogP contribution is 2.35. The largest absolute Gasteiger partial charge is 0.337 e. The van der Waals surface area contributed by atoms with Crippen LogP contribution in [0.1, 0.15) is 41.4 Å². The van der Waals surface area contributed by atoms with E-state index < -0.39 is 0 Å². The Balaban J connectivity index is 1.25. The van der Waals surface area contributed by atoms with Crippen molar-refractivity contribution in [2.24, 2.45) is 0 Å². The molecule has 0 radical (unpaired) electrons. The molecule has 0 atom stereocenters. The number of benzene rings is 1. The number of aromatic nitrogens is 6. The maximum absolute atomic E-state index is 11.8. The van der Waals surface area contributed by atoms with Crippen molar-refractivity contribution < 1.29 is 4.79 Å². The van der Waals surface area contributed by atoms with Gasteiger partial charge in [-0.05, 0) is 68.8 Å². The van der Waals surface area contributed by atoms with Crippen LogP contribution in [0.15, 0.2) is 61.1 Å². The van der Waals surface area contributed by atoms with E-state index in [9.17, 15) is 4.79 Å². The van der Waals surface area contributed by atoms with Crippen LogP contribution in [0.25, 0.3) is 55.2 Å². The van der Waals surface area contributed by atoms with Gasteiger partial charge in [-0.25, -0.2) is 4.98 Å². The van der Waals surface area contributed by atoms with Crippen LogP contribution in [0, 0.1) is 0 Å². The van der Waals surface area contributed by atoms with Gasteiger partial charge in [-0.3, -0.25) is 24.8 Å². The molecule has 7 rings (SSSR count). The van der Waals surface area contributed by atoms with Gasteiger partial charge < -0.3 is 4.98 Å². The van der Waals surface area contributed by atoms with Crippen LogP contribution < -0.4 is 0 Å². The first-order chi connectivity index (χ1) is 19.1. The van der Waals surface area contributed by atoms with Crippen molar-refractivity contribution in [2.45, 2.75) is 32.7 Å². The zero-order valence-electron chi connectivity index (χ0n) is 21.6. The number of hydrogen-bond acceptors (Lipinski definition) is 7. The molecule has 0 amide bonds. The number of pyridine rings is 2. The van der Waals surface area contributed by atoms with Gasteiger partial charge in [-0.2, -0.15) is 5.10 Å². The summed E-state index contributed by atoms with van der Waals surface area (Å²) in [6, 6.07) is 14.2. The van der Waals surface area contributed by atoms with Crippen molar-refractivity contribution >= 4 is 39.1 Å². The summed E-state index contributed by atoms with van der Waals surface area (Å²) >= 11 is 1.49. The topological polar surface area (TPSA) is 103 Å². The number of piperidine rings is 1. The van der Waals surface area contributed by atoms with Crippen LogP contribution in [-0.4, -0.2) is 53.9 Å². The Bertz CT molecular complexity index is 1830. The Kier molecular flexibility index (Phi) is 6.02. The molecular weight excluding hydrogens is 506 g/mol. The third kappa shape index (κ3) is 4.53. The molecule has 9 heteroatoms. The standard InChI is InChI=1S/C30H27N7OS/c1-18(38)26-8-9-27(39-26)21-6-5-7-23-28(21)34-30(33-23)29-22-13-24(32-16-25(22)35-36-29)20-12-19(14-31-15-20)17-37-10-3-2-4-11-37/h5-9,12-16H,2-4,10-11,17H2,1H3,(H,33,34)(H,35,36). The summed E-state index contributed by atoms with van der Waals surface area (Å²) in [7, 11) is 0. The zero-order chi connectivity index (χ0) is 26.3. The van der Waals surface area contributed by atoms with Crippen molar-refractivity contribution in [3.05, 3.63) is 71.5 Å². The molecule has 1 aliphatic heterocycles. The zero-order valence-corrected chi connectivity index (χ0v) is 22.4. The van der Waals surface area contributed by atoms with E-state index in [0.29, 0.717) is 5.82 Å². The number of rotatable bonds is 6. The van der Waals surface area contributed by atoms with Crippen LogP contribution in [0.2, 0.25) is 0 Å². The minimum absolute atomic E-state index is 0.0702. The van der Waals surface area contributed by atoms with Gasteiger partial charge >= 0.3 is 0 Å². The summed E-state index contributed by atoms with van der Waals surface area (Å²) in [4.78, 5) is 33.7. The monoisotopic (exact) mass is 533 g/mol. The molecular formula is C30H27N7OS. The first-order valence-electron chi connectivity index (χ1n) is 13.2. The van der Waals surface area contributed by atoms with Gasteiger partial charge in [0.2, 0.25) is 0 Å². The van der Waals surface area contributed by atoms with Gasteiger partial charge in [0.15, 0.2) is 11.6 Å². The third-order valence-corrected chi connectivity index (χ3v) is 8.57. The molecule has 1 aliphatic rings. The second kappa shape index (κ2) is 9.83.